The van der Waals surface area contributed by atoms with E-state index in [9.17, 15) is 18.8 Å². The van der Waals surface area contributed by atoms with Crippen LogP contribution in [0.2, 0.25) is 5.02 Å². The molecule has 36 heavy (non-hydrogen) atoms. The minimum Gasteiger partial charge on any atom is -0.494 e. The summed E-state index contributed by atoms with van der Waals surface area (Å²) in [5.74, 6) is -0.670. The molecule has 0 spiro atoms. The Morgan fingerprint density at radius 2 is 1.67 bits per heavy atom. The lowest BCUT2D eigenvalue weighted by atomic mass is 10.1. The molecule has 9 heteroatoms. The molecule has 0 saturated carbocycles. The molecule has 1 atom stereocenters. The average molecular weight is 510 g/mol. The van der Waals surface area contributed by atoms with Gasteiger partial charge < -0.3 is 15.0 Å². The fourth-order valence-corrected chi connectivity index (χ4v) is 4.00. The summed E-state index contributed by atoms with van der Waals surface area (Å²) < 4.78 is 18.9. The summed E-state index contributed by atoms with van der Waals surface area (Å²) in [6.07, 6.45) is 0.637. The number of hydrogen-bond donors (Lipinski definition) is 1. The molecule has 1 aliphatic rings. The third-order valence-corrected chi connectivity index (χ3v) is 5.91. The largest absolute Gasteiger partial charge is 0.494 e. The van der Waals surface area contributed by atoms with E-state index in [1.807, 2.05) is 6.92 Å². The van der Waals surface area contributed by atoms with Crippen molar-refractivity contribution in [3.63, 3.8) is 0 Å². The Kier molecular flexibility index (Phi) is 7.85. The second-order valence-corrected chi connectivity index (χ2v) is 8.76. The van der Waals surface area contributed by atoms with Crippen molar-refractivity contribution in [2.24, 2.45) is 0 Å². The quantitative estimate of drug-likeness (QED) is 0.379. The van der Waals surface area contributed by atoms with E-state index in [-0.39, 0.29) is 13.0 Å². The maximum atomic E-state index is 13.4. The minimum absolute atomic E-state index is 0.0380. The fourth-order valence-electron chi connectivity index (χ4n) is 3.87. The Morgan fingerprint density at radius 1 is 1.00 bits per heavy atom. The number of ether oxygens (including phenoxy) is 1. The monoisotopic (exact) mass is 509 g/mol. The van der Waals surface area contributed by atoms with Gasteiger partial charge in [-0.1, -0.05) is 30.7 Å². The summed E-state index contributed by atoms with van der Waals surface area (Å²) in [5.41, 5.74) is 1.52. The summed E-state index contributed by atoms with van der Waals surface area (Å²) >= 11 is 5.96. The SMILES string of the molecule is CCCOc1ccc(NC(=O)C[C@@H]2C(=O)N(c3ccc(Cl)cc3)C(=O)N2Cc2ccc(F)cc2)cc1. The van der Waals surface area contributed by atoms with Crippen molar-refractivity contribution in [1.82, 2.24) is 4.90 Å². The van der Waals surface area contributed by atoms with Crippen LogP contribution in [0.25, 0.3) is 0 Å². The maximum Gasteiger partial charge on any atom is 0.332 e. The van der Waals surface area contributed by atoms with Crippen LogP contribution >= 0.6 is 11.6 Å². The molecule has 3 aromatic carbocycles. The number of imide groups is 1. The molecular weight excluding hydrogens is 485 g/mol. The van der Waals surface area contributed by atoms with Gasteiger partial charge in [0.25, 0.3) is 5.91 Å². The van der Waals surface area contributed by atoms with Gasteiger partial charge in [-0.25, -0.2) is 14.1 Å². The highest BCUT2D eigenvalue weighted by Gasteiger charge is 2.46. The first-order valence-corrected chi connectivity index (χ1v) is 11.9. The number of urea groups is 1. The van der Waals surface area contributed by atoms with E-state index in [0.29, 0.717) is 34.3 Å². The van der Waals surface area contributed by atoms with Gasteiger partial charge >= 0.3 is 6.03 Å². The van der Waals surface area contributed by atoms with Gasteiger partial charge in [-0.3, -0.25) is 9.59 Å². The van der Waals surface area contributed by atoms with Crippen LogP contribution in [-0.2, 0) is 16.1 Å². The molecule has 1 saturated heterocycles. The lowest BCUT2D eigenvalue weighted by molar-refractivity contribution is -0.124. The molecule has 0 aliphatic carbocycles. The zero-order valence-electron chi connectivity index (χ0n) is 19.6. The van der Waals surface area contributed by atoms with E-state index in [4.69, 9.17) is 16.3 Å². The number of benzene rings is 3. The summed E-state index contributed by atoms with van der Waals surface area (Å²) in [7, 11) is 0. The van der Waals surface area contributed by atoms with E-state index in [1.165, 1.54) is 29.2 Å². The van der Waals surface area contributed by atoms with Crippen molar-refractivity contribution in [2.75, 3.05) is 16.8 Å². The second-order valence-electron chi connectivity index (χ2n) is 8.33. The smallest absolute Gasteiger partial charge is 0.332 e. The molecule has 1 aliphatic heterocycles. The van der Waals surface area contributed by atoms with E-state index in [2.05, 4.69) is 5.32 Å². The van der Waals surface area contributed by atoms with E-state index >= 15 is 0 Å². The van der Waals surface area contributed by atoms with Crippen LogP contribution in [0, 0.1) is 5.82 Å². The van der Waals surface area contributed by atoms with Crippen molar-refractivity contribution in [2.45, 2.75) is 32.4 Å². The highest BCUT2D eigenvalue weighted by atomic mass is 35.5. The number of halogens is 2. The van der Waals surface area contributed by atoms with Crippen LogP contribution in [-0.4, -0.2) is 35.4 Å². The second kappa shape index (κ2) is 11.2. The van der Waals surface area contributed by atoms with E-state index in [1.54, 1.807) is 48.5 Å². The van der Waals surface area contributed by atoms with Gasteiger partial charge in [0.1, 0.15) is 17.6 Å². The molecule has 0 radical (unpaired) electrons. The molecule has 0 bridgehead atoms. The van der Waals surface area contributed by atoms with Crippen LogP contribution in [0.5, 0.6) is 5.75 Å². The van der Waals surface area contributed by atoms with Gasteiger partial charge in [-0.05, 0) is 72.6 Å². The molecule has 186 valence electrons. The fraction of sp³-hybridized carbons (Fsp3) is 0.222. The van der Waals surface area contributed by atoms with Gasteiger partial charge in [0.15, 0.2) is 0 Å². The van der Waals surface area contributed by atoms with Gasteiger partial charge in [0.2, 0.25) is 5.91 Å². The first-order valence-electron chi connectivity index (χ1n) is 11.5. The lowest BCUT2D eigenvalue weighted by Crippen LogP contribution is -2.37. The Bertz CT molecular complexity index is 1230. The number of rotatable bonds is 9. The summed E-state index contributed by atoms with van der Waals surface area (Å²) in [4.78, 5) is 41.9. The number of nitrogens with one attached hydrogen (secondary N) is 1. The molecule has 7 nitrogen and oxygen atoms in total. The number of nitrogens with zero attached hydrogens (tertiary/aromatic N) is 2. The number of hydrogen-bond acceptors (Lipinski definition) is 4. The van der Waals surface area contributed by atoms with Crippen molar-refractivity contribution < 1.29 is 23.5 Å². The third-order valence-electron chi connectivity index (χ3n) is 5.66. The van der Waals surface area contributed by atoms with Gasteiger partial charge in [-0.2, -0.15) is 0 Å². The van der Waals surface area contributed by atoms with Crippen molar-refractivity contribution >= 4 is 40.8 Å². The molecular formula is C27H25ClFN3O4. The zero-order chi connectivity index (χ0) is 25.7. The predicted molar refractivity (Wildman–Crippen MR) is 136 cm³/mol. The predicted octanol–water partition coefficient (Wildman–Crippen LogP) is 5.63. The van der Waals surface area contributed by atoms with Crippen molar-refractivity contribution in [3.05, 3.63) is 89.2 Å². The van der Waals surface area contributed by atoms with Crippen LogP contribution < -0.4 is 15.0 Å². The van der Waals surface area contributed by atoms with Crippen molar-refractivity contribution in [3.8, 4) is 5.75 Å². The molecule has 1 heterocycles. The van der Waals surface area contributed by atoms with Gasteiger partial charge in [-0.15, -0.1) is 0 Å². The molecule has 0 unspecified atom stereocenters. The van der Waals surface area contributed by atoms with E-state index < -0.39 is 29.7 Å². The summed E-state index contributed by atoms with van der Waals surface area (Å²) in [6.45, 7) is 2.64. The number of anilines is 2. The molecule has 1 fully saturated rings. The highest BCUT2D eigenvalue weighted by molar-refractivity contribution is 6.30. The number of carbonyl (C=O) groups is 3. The highest BCUT2D eigenvalue weighted by Crippen LogP contribution is 2.29. The van der Waals surface area contributed by atoms with E-state index in [0.717, 1.165) is 11.3 Å². The van der Waals surface area contributed by atoms with Crippen LogP contribution in [0.15, 0.2) is 72.8 Å². The topological polar surface area (TPSA) is 79.0 Å². The summed E-state index contributed by atoms with van der Waals surface area (Å²) in [5, 5.41) is 3.23. The maximum absolute atomic E-state index is 13.4. The number of carbonyl (C=O) groups excluding carboxylic acids is 3. The Morgan fingerprint density at radius 3 is 2.31 bits per heavy atom. The Labute approximate surface area is 213 Å². The van der Waals surface area contributed by atoms with Crippen molar-refractivity contribution in [1.29, 1.82) is 0 Å². The molecule has 3 aromatic rings. The average Bonchev–Trinajstić information content (AvgIpc) is 3.09. The molecule has 4 amide bonds. The first-order chi connectivity index (χ1) is 17.4. The lowest BCUT2D eigenvalue weighted by Gasteiger charge is -2.21. The minimum atomic E-state index is -1.04. The molecule has 1 N–H and O–H groups in total. The van der Waals surface area contributed by atoms with Crippen LogP contribution in [0.4, 0.5) is 20.6 Å². The molecule has 0 aromatic heterocycles. The molecule has 4 rings (SSSR count). The Balaban J connectivity index is 1.53. The first kappa shape index (κ1) is 25.2. The van der Waals surface area contributed by atoms with Gasteiger partial charge in [0.05, 0.1) is 18.7 Å². The third kappa shape index (κ3) is 5.83. The van der Waals surface area contributed by atoms with Crippen LogP contribution in [0.3, 0.4) is 0 Å². The van der Waals surface area contributed by atoms with Gasteiger partial charge in [0, 0.05) is 17.3 Å². The zero-order valence-corrected chi connectivity index (χ0v) is 20.4. The Hall–Kier alpha value is -3.91. The normalized spacial score (nSPS) is 15.4. The number of amides is 4. The van der Waals surface area contributed by atoms with Crippen LogP contribution in [0.1, 0.15) is 25.3 Å². The standard InChI is InChI=1S/C27H25ClFN3O4/c1-2-15-36-23-13-9-21(10-14-23)30-25(33)16-24-26(34)32(22-11-5-19(28)6-12-22)27(35)31(24)17-18-3-7-20(29)8-4-18/h3-14,24H,2,15-17H2,1H3,(H,30,33)/t24-/m1/s1. The summed E-state index contributed by atoms with van der Waals surface area (Å²) in [6, 6.07) is 17.2.